The fourth-order valence-corrected chi connectivity index (χ4v) is 3.43. The zero-order chi connectivity index (χ0) is 18.9. The molecule has 1 atom stereocenters. The van der Waals surface area contributed by atoms with Gasteiger partial charge in [0.15, 0.2) is 0 Å². The van der Waals surface area contributed by atoms with Gasteiger partial charge in [0.25, 0.3) is 0 Å². The average Bonchev–Trinajstić information content (AvgIpc) is 2.57. The van der Waals surface area contributed by atoms with E-state index in [9.17, 15) is 13.3 Å². The summed E-state index contributed by atoms with van der Waals surface area (Å²) in [6.07, 6.45) is 1.64. The maximum Gasteiger partial charge on any atom is 0.136 e. The Bertz CT molecular complexity index is 920. The Balaban J connectivity index is 2.11. The second-order valence-corrected chi connectivity index (χ2v) is 9.09. The van der Waals surface area contributed by atoms with Crippen LogP contribution in [0.25, 0.3) is 22.0 Å². The van der Waals surface area contributed by atoms with E-state index >= 15 is 0 Å². The van der Waals surface area contributed by atoms with E-state index in [1.165, 1.54) is 12.1 Å². The van der Waals surface area contributed by atoms with Gasteiger partial charge in [-0.25, -0.2) is 8.78 Å². The molecule has 6 heteroatoms. The highest BCUT2D eigenvalue weighted by molar-refractivity contribution is 7.90. The molecule has 0 aliphatic rings. The molecule has 136 valence electrons. The summed E-state index contributed by atoms with van der Waals surface area (Å²) < 4.78 is 42.5. The van der Waals surface area contributed by atoms with Crippen molar-refractivity contribution in [1.29, 1.82) is 0 Å². The molecule has 1 aromatic heterocycles. The number of pyridine rings is 1. The van der Waals surface area contributed by atoms with Gasteiger partial charge in [0, 0.05) is 34.6 Å². The fourth-order valence-electron chi connectivity index (χ4n) is 2.71. The molecule has 0 amide bonds. The molecule has 0 radical (unpaired) electrons. The van der Waals surface area contributed by atoms with Gasteiger partial charge in [-0.2, -0.15) is 0 Å². The Morgan fingerprint density at radius 3 is 2.42 bits per heavy atom. The minimum atomic E-state index is -1.26. The van der Waals surface area contributed by atoms with Crippen molar-refractivity contribution >= 4 is 22.3 Å². The molecule has 0 fully saturated rings. The van der Waals surface area contributed by atoms with Crippen LogP contribution in [0.3, 0.4) is 0 Å². The molecule has 0 aliphatic heterocycles. The highest BCUT2D eigenvalue weighted by Crippen LogP contribution is 2.32. The standard InChI is InChI=1S/C20H20F2N2OS/c1-20(2,3)26(25)24-12-14-7-6-13-5-4-8-23-19(13)18(14)15-9-16(21)11-17(22)10-15/h4-11,24H,12H2,1-3H3. The van der Waals surface area contributed by atoms with Gasteiger partial charge in [0.05, 0.1) is 12.1 Å². The number of benzene rings is 2. The molecule has 0 saturated carbocycles. The molecule has 3 rings (SSSR count). The van der Waals surface area contributed by atoms with E-state index in [0.717, 1.165) is 17.0 Å². The van der Waals surface area contributed by atoms with Crippen molar-refractivity contribution in [2.45, 2.75) is 32.1 Å². The van der Waals surface area contributed by atoms with Crippen molar-refractivity contribution in [3.05, 3.63) is 65.9 Å². The molecule has 0 spiro atoms. The third-order valence-corrected chi connectivity index (χ3v) is 5.48. The number of hydrogen-bond donors (Lipinski definition) is 1. The summed E-state index contributed by atoms with van der Waals surface area (Å²) in [5, 5.41) is 0.868. The van der Waals surface area contributed by atoms with Gasteiger partial charge in [-0.15, -0.1) is 4.72 Å². The van der Waals surface area contributed by atoms with Gasteiger partial charge in [0.2, 0.25) is 0 Å². The molecule has 3 nitrogen and oxygen atoms in total. The summed E-state index contributed by atoms with van der Waals surface area (Å²) in [4.78, 5) is 4.40. The average molecular weight is 374 g/mol. The van der Waals surface area contributed by atoms with Gasteiger partial charge in [-0.1, -0.05) is 18.2 Å². The predicted molar refractivity (Wildman–Crippen MR) is 102 cm³/mol. The molecule has 0 saturated heterocycles. The second kappa shape index (κ2) is 7.31. The van der Waals surface area contributed by atoms with E-state index in [1.807, 2.05) is 45.0 Å². The number of fused-ring (bicyclic) bond motifs is 1. The Morgan fingerprint density at radius 1 is 1.08 bits per heavy atom. The van der Waals surface area contributed by atoms with Crippen LogP contribution in [0.4, 0.5) is 8.78 Å². The lowest BCUT2D eigenvalue weighted by Gasteiger charge is -2.24. The minimum absolute atomic E-state index is 0.295. The highest BCUT2D eigenvalue weighted by Gasteiger charge is 2.26. The molecule has 26 heavy (non-hydrogen) atoms. The fraction of sp³-hybridized carbons (Fsp3) is 0.250. The van der Waals surface area contributed by atoms with Crippen molar-refractivity contribution in [2.24, 2.45) is 0 Å². The van der Waals surface area contributed by atoms with E-state index in [4.69, 9.17) is 0 Å². The number of aromatic nitrogens is 1. The molecule has 1 N–H and O–H groups in total. The number of rotatable bonds is 4. The van der Waals surface area contributed by atoms with Crippen molar-refractivity contribution in [3.8, 4) is 11.1 Å². The van der Waals surface area contributed by atoms with Gasteiger partial charge < -0.3 is 4.55 Å². The van der Waals surface area contributed by atoms with Crippen LogP contribution in [0, 0.1) is 11.6 Å². The first-order chi connectivity index (χ1) is 12.3. The topological polar surface area (TPSA) is 48.0 Å². The maximum absolute atomic E-state index is 13.8. The molecule has 0 bridgehead atoms. The molecule has 2 aromatic carbocycles. The first kappa shape index (κ1) is 18.8. The van der Waals surface area contributed by atoms with Crippen LogP contribution < -0.4 is 4.72 Å². The predicted octanol–water partition coefficient (Wildman–Crippen LogP) is 4.73. The van der Waals surface area contributed by atoms with Crippen LogP contribution in [0.2, 0.25) is 0 Å². The number of hydrogen-bond acceptors (Lipinski definition) is 3. The summed E-state index contributed by atoms with van der Waals surface area (Å²) in [5.74, 6) is -1.30. The summed E-state index contributed by atoms with van der Waals surface area (Å²) in [6.45, 7) is 5.92. The van der Waals surface area contributed by atoms with Crippen LogP contribution >= 0.6 is 0 Å². The lowest BCUT2D eigenvalue weighted by Crippen LogP contribution is -2.39. The Kier molecular flexibility index (Phi) is 5.27. The van der Waals surface area contributed by atoms with E-state index < -0.39 is 27.7 Å². The summed E-state index contributed by atoms with van der Waals surface area (Å²) >= 11 is -1.26. The highest BCUT2D eigenvalue weighted by atomic mass is 32.2. The molecule has 0 aliphatic carbocycles. The maximum atomic E-state index is 13.8. The van der Waals surface area contributed by atoms with E-state index in [-0.39, 0.29) is 0 Å². The molecule has 3 aromatic rings. The molecule has 1 heterocycles. The van der Waals surface area contributed by atoms with Gasteiger partial charge in [-0.05, 0) is 50.1 Å². The first-order valence-corrected chi connectivity index (χ1v) is 9.39. The van der Waals surface area contributed by atoms with Crippen molar-refractivity contribution in [1.82, 2.24) is 9.71 Å². The summed E-state index contributed by atoms with van der Waals surface area (Å²) in [6, 6.07) is 10.9. The number of halogens is 2. The monoisotopic (exact) mass is 374 g/mol. The smallest absolute Gasteiger partial charge is 0.136 e. The molecular formula is C20H20F2N2OS. The van der Waals surface area contributed by atoms with Crippen LogP contribution in [-0.4, -0.2) is 14.3 Å². The van der Waals surface area contributed by atoms with Crippen LogP contribution in [-0.2, 0) is 17.9 Å². The van der Waals surface area contributed by atoms with Gasteiger partial charge >= 0.3 is 0 Å². The summed E-state index contributed by atoms with van der Waals surface area (Å²) in [7, 11) is 0. The lowest BCUT2D eigenvalue weighted by atomic mass is 9.96. The normalized spacial score (nSPS) is 13.2. The van der Waals surface area contributed by atoms with Crippen LogP contribution in [0.1, 0.15) is 26.3 Å². The van der Waals surface area contributed by atoms with Crippen molar-refractivity contribution < 1.29 is 13.3 Å². The largest absolute Gasteiger partial charge is 0.598 e. The van der Waals surface area contributed by atoms with Crippen LogP contribution in [0.5, 0.6) is 0 Å². The Labute approximate surface area is 154 Å². The first-order valence-electron chi connectivity index (χ1n) is 8.24. The molecular weight excluding hydrogens is 354 g/mol. The Hall–Kier alpha value is -2.02. The quantitative estimate of drug-likeness (QED) is 0.672. The zero-order valence-corrected chi connectivity index (χ0v) is 15.7. The molecule has 1 unspecified atom stereocenters. The van der Waals surface area contributed by atoms with Crippen molar-refractivity contribution in [3.63, 3.8) is 0 Å². The summed E-state index contributed by atoms with van der Waals surface area (Å²) in [5.41, 5.74) is 2.47. The third kappa shape index (κ3) is 4.03. The zero-order valence-electron chi connectivity index (χ0n) is 14.8. The van der Waals surface area contributed by atoms with Crippen LogP contribution in [0.15, 0.2) is 48.7 Å². The van der Waals surface area contributed by atoms with E-state index in [2.05, 4.69) is 9.71 Å². The lowest BCUT2D eigenvalue weighted by molar-refractivity contribution is 0.544. The Morgan fingerprint density at radius 2 is 1.77 bits per heavy atom. The van der Waals surface area contributed by atoms with Gasteiger partial charge in [-0.3, -0.25) is 4.98 Å². The van der Waals surface area contributed by atoms with E-state index in [1.54, 1.807) is 6.20 Å². The SMILES string of the molecule is CC(C)(C)[S+]([O-])NCc1ccc2cccnc2c1-c1cc(F)cc(F)c1. The van der Waals surface area contributed by atoms with Gasteiger partial charge in [0.1, 0.15) is 16.4 Å². The minimum Gasteiger partial charge on any atom is -0.598 e. The number of nitrogens with one attached hydrogen (secondary N) is 1. The van der Waals surface area contributed by atoms with Crippen molar-refractivity contribution in [2.75, 3.05) is 0 Å². The second-order valence-electron chi connectivity index (χ2n) is 7.04. The number of nitrogens with zero attached hydrogens (tertiary/aromatic N) is 1. The third-order valence-electron chi connectivity index (χ3n) is 3.96. The van der Waals surface area contributed by atoms with E-state index in [0.29, 0.717) is 23.2 Å².